The summed E-state index contributed by atoms with van der Waals surface area (Å²) in [6.07, 6.45) is 22.3. The number of carbonyl (C=O) groups is 1. The highest BCUT2D eigenvalue weighted by molar-refractivity contribution is 5.85. The van der Waals surface area contributed by atoms with Crippen molar-refractivity contribution in [2.45, 2.75) is 128 Å². The Morgan fingerprint density at radius 3 is 2.24 bits per heavy atom. The Labute approximate surface area is 208 Å². The monoisotopic (exact) mass is 474 g/mol. The van der Waals surface area contributed by atoms with Crippen molar-refractivity contribution in [2.24, 2.45) is 5.92 Å². The first-order chi connectivity index (χ1) is 16.7. The smallest absolute Gasteiger partial charge is 0.354 e. The molecule has 0 aliphatic heterocycles. The lowest BCUT2D eigenvalue weighted by Crippen LogP contribution is -2.40. The van der Waals surface area contributed by atoms with E-state index in [9.17, 15) is 9.90 Å². The van der Waals surface area contributed by atoms with Gasteiger partial charge in [0.25, 0.3) is 0 Å². The fourth-order valence-corrected chi connectivity index (χ4v) is 5.44. The molecule has 2 atom stereocenters. The zero-order valence-corrected chi connectivity index (χ0v) is 21.6. The molecular weight excluding hydrogens is 424 g/mol. The minimum Gasteiger partial charge on any atom is -0.477 e. The molecule has 2 aliphatic carbocycles. The third kappa shape index (κ3) is 11.3. The van der Waals surface area contributed by atoms with Gasteiger partial charge < -0.3 is 15.5 Å². The lowest BCUT2D eigenvalue weighted by Gasteiger charge is -2.31. The molecule has 2 unspecified atom stereocenters. The molecule has 34 heavy (non-hydrogen) atoms. The molecule has 1 heterocycles. The third-order valence-corrected chi connectivity index (χ3v) is 7.59. The zero-order valence-electron chi connectivity index (χ0n) is 21.6. The number of aliphatic hydroxyl groups is 1. The number of hydrogen-bond acceptors (Lipinski definition) is 4. The normalized spacial score (nSPS) is 21.0. The van der Waals surface area contributed by atoms with Crippen LogP contribution in [-0.2, 0) is 0 Å². The van der Waals surface area contributed by atoms with Crippen LogP contribution in [0.25, 0.3) is 0 Å². The average molecular weight is 475 g/mol. The molecule has 194 valence electrons. The van der Waals surface area contributed by atoms with E-state index in [1.165, 1.54) is 96.3 Å². The lowest BCUT2D eigenvalue weighted by molar-refractivity contribution is 0.0690. The van der Waals surface area contributed by atoms with E-state index in [1.807, 2.05) is 6.07 Å². The fourth-order valence-electron chi connectivity index (χ4n) is 5.44. The Hall–Kier alpha value is -1.46. The molecule has 3 rings (SSSR count). The van der Waals surface area contributed by atoms with Gasteiger partial charge in [-0.05, 0) is 56.7 Å². The number of nitrogens with zero attached hydrogens (tertiary/aromatic N) is 1. The van der Waals surface area contributed by atoms with Crippen LogP contribution in [0.2, 0.25) is 0 Å². The highest BCUT2D eigenvalue weighted by Crippen LogP contribution is 2.31. The summed E-state index contributed by atoms with van der Waals surface area (Å²) in [5, 5.41) is 21.9. The van der Waals surface area contributed by atoms with Crippen molar-refractivity contribution in [3.8, 4) is 0 Å². The summed E-state index contributed by atoms with van der Waals surface area (Å²) in [5.74, 6) is 0.0495. The Kier molecular flexibility index (Phi) is 15.1. The van der Waals surface area contributed by atoms with E-state index >= 15 is 0 Å². The predicted molar refractivity (Wildman–Crippen MR) is 140 cm³/mol. The molecule has 2 saturated carbocycles. The molecule has 0 spiro atoms. The van der Waals surface area contributed by atoms with Gasteiger partial charge in [-0.3, -0.25) is 0 Å². The Morgan fingerprint density at radius 1 is 0.912 bits per heavy atom. The van der Waals surface area contributed by atoms with Crippen LogP contribution in [0, 0.1) is 5.92 Å². The van der Waals surface area contributed by atoms with Crippen molar-refractivity contribution >= 4 is 5.97 Å². The number of unbranched alkanes of at least 4 members (excludes halogenated alkanes) is 7. The highest BCUT2D eigenvalue weighted by Gasteiger charge is 2.23. The first-order valence-corrected chi connectivity index (χ1v) is 14.2. The maximum Gasteiger partial charge on any atom is 0.354 e. The number of hydrogen-bond donors (Lipinski definition) is 3. The Bertz CT molecular complexity index is 661. The van der Waals surface area contributed by atoms with Crippen LogP contribution in [0.1, 0.15) is 138 Å². The second-order valence-corrected chi connectivity index (χ2v) is 10.4. The second-order valence-electron chi connectivity index (χ2n) is 10.4. The van der Waals surface area contributed by atoms with Crippen molar-refractivity contribution in [2.75, 3.05) is 13.2 Å². The molecule has 0 aromatic carbocycles. The molecule has 2 aliphatic rings. The van der Waals surface area contributed by atoms with Gasteiger partial charge in [0.05, 0.1) is 0 Å². The van der Waals surface area contributed by atoms with Crippen molar-refractivity contribution in [3.63, 3.8) is 0 Å². The zero-order chi connectivity index (χ0) is 24.4. The minimum absolute atomic E-state index is 0.165. The molecular formula is C29H50N2O3. The second kappa shape index (κ2) is 17.9. The maximum atomic E-state index is 10.8. The minimum atomic E-state index is -0.937. The maximum absolute atomic E-state index is 10.8. The van der Waals surface area contributed by atoms with Gasteiger partial charge in [0.1, 0.15) is 5.69 Å². The number of aromatic carboxylic acids is 1. The Balaban J connectivity index is 0.000000246. The van der Waals surface area contributed by atoms with E-state index in [1.54, 1.807) is 12.1 Å². The van der Waals surface area contributed by atoms with Gasteiger partial charge in [0, 0.05) is 24.3 Å². The average Bonchev–Trinajstić information content (AvgIpc) is 2.89. The number of carboxylic acids is 1. The van der Waals surface area contributed by atoms with Crippen molar-refractivity contribution < 1.29 is 15.0 Å². The number of nitrogens with one attached hydrogen (secondary N) is 1. The summed E-state index contributed by atoms with van der Waals surface area (Å²) in [6.45, 7) is 3.79. The number of rotatable bonds is 13. The van der Waals surface area contributed by atoms with E-state index in [0.717, 1.165) is 25.1 Å². The van der Waals surface area contributed by atoms with Crippen LogP contribution in [-0.4, -0.2) is 40.4 Å². The van der Waals surface area contributed by atoms with E-state index in [2.05, 4.69) is 17.2 Å². The van der Waals surface area contributed by atoms with Gasteiger partial charge in [-0.25, -0.2) is 9.78 Å². The van der Waals surface area contributed by atoms with E-state index in [0.29, 0.717) is 24.5 Å². The van der Waals surface area contributed by atoms with E-state index < -0.39 is 5.97 Å². The van der Waals surface area contributed by atoms with Crippen LogP contribution in [0.15, 0.2) is 18.2 Å². The standard InChI is InChI=1S/C17H35NO.C12H15NO2/c1-2-3-4-5-6-7-8-11-14-18-17-13-10-9-12-16(17)15-19;14-12(15)11-8-4-7-10(13-11)9-5-2-1-3-6-9/h16-19H,2-15H2,1H3;4,7-9H,1-3,5-6H2,(H,14,15). The highest BCUT2D eigenvalue weighted by atomic mass is 16.4. The lowest BCUT2D eigenvalue weighted by atomic mass is 9.85. The summed E-state index contributed by atoms with van der Waals surface area (Å²) in [4.78, 5) is 15.0. The molecule has 5 nitrogen and oxygen atoms in total. The first kappa shape index (κ1) is 28.8. The molecule has 2 fully saturated rings. The van der Waals surface area contributed by atoms with Crippen LogP contribution in [0.3, 0.4) is 0 Å². The molecule has 3 N–H and O–H groups in total. The molecule has 0 radical (unpaired) electrons. The molecule has 0 amide bonds. The molecule has 1 aromatic heterocycles. The van der Waals surface area contributed by atoms with Gasteiger partial charge in [0.2, 0.25) is 0 Å². The first-order valence-electron chi connectivity index (χ1n) is 14.2. The summed E-state index contributed by atoms with van der Waals surface area (Å²) in [6, 6.07) is 5.88. The fraction of sp³-hybridized carbons (Fsp3) is 0.793. The Morgan fingerprint density at radius 2 is 1.56 bits per heavy atom. The summed E-state index contributed by atoms with van der Waals surface area (Å²) >= 11 is 0. The molecule has 0 saturated heterocycles. The van der Waals surface area contributed by atoms with Crippen molar-refractivity contribution in [1.29, 1.82) is 0 Å². The van der Waals surface area contributed by atoms with Gasteiger partial charge in [-0.2, -0.15) is 0 Å². The van der Waals surface area contributed by atoms with Gasteiger partial charge in [-0.1, -0.05) is 90.0 Å². The van der Waals surface area contributed by atoms with E-state index in [4.69, 9.17) is 5.11 Å². The molecule has 5 heteroatoms. The predicted octanol–water partition coefficient (Wildman–Crippen LogP) is 7.10. The van der Waals surface area contributed by atoms with Crippen LogP contribution in [0.5, 0.6) is 0 Å². The van der Waals surface area contributed by atoms with Crippen LogP contribution in [0.4, 0.5) is 0 Å². The van der Waals surface area contributed by atoms with Gasteiger partial charge >= 0.3 is 5.97 Å². The van der Waals surface area contributed by atoms with Crippen molar-refractivity contribution in [1.82, 2.24) is 10.3 Å². The quantitative estimate of drug-likeness (QED) is 0.266. The summed E-state index contributed by atoms with van der Waals surface area (Å²) in [7, 11) is 0. The summed E-state index contributed by atoms with van der Waals surface area (Å²) < 4.78 is 0. The van der Waals surface area contributed by atoms with E-state index in [-0.39, 0.29) is 5.69 Å². The van der Waals surface area contributed by atoms with Gasteiger partial charge in [0.15, 0.2) is 0 Å². The largest absolute Gasteiger partial charge is 0.477 e. The van der Waals surface area contributed by atoms with Crippen LogP contribution < -0.4 is 5.32 Å². The molecule has 0 bridgehead atoms. The molecule has 1 aromatic rings. The number of carboxylic acid groups (broad SMARTS) is 1. The SMILES string of the molecule is CCCCCCCCCCNC1CCCCC1CO.O=C(O)c1cccc(C2CCCCC2)n1. The topological polar surface area (TPSA) is 82.5 Å². The number of pyridine rings is 1. The van der Waals surface area contributed by atoms with Crippen molar-refractivity contribution in [3.05, 3.63) is 29.6 Å². The van der Waals surface area contributed by atoms with Crippen LogP contribution >= 0.6 is 0 Å². The summed E-state index contributed by atoms with van der Waals surface area (Å²) in [5.41, 5.74) is 1.12. The van der Waals surface area contributed by atoms with Gasteiger partial charge in [-0.15, -0.1) is 0 Å². The number of aliphatic hydroxyl groups excluding tert-OH is 1. The third-order valence-electron chi connectivity index (χ3n) is 7.59. The number of aromatic nitrogens is 1.